The summed E-state index contributed by atoms with van der Waals surface area (Å²) in [6.45, 7) is 3.35. The van der Waals surface area contributed by atoms with Gasteiger partial charge in [0.05, 0.1) is 0 Å². The van der Waals surface area contributed by atoms with E-state index >= 15 is 0 Å². The zero-order valence-electron chi connectivity index (χ0n) is 9.66. The first-order chi connectivity index (χ1) is 8.25. The molecule has 88 valence electrons. The van der Waals surface area contributed by atoms with E-state index in [0.717, 1.165) is 13.0 Å². The van der Waals surface area contributed by atoms with Gasteiger partial charge in [0.25, 0.3) is 0 Å². The molecule has 0 bridgehead atoms. The third-order valence-corrected chi connectivity index (χ3v) is 5.19. The largest absolute Gasteiger partial charge is 0.310 e. The predicted octanol–water partition coefficient (Wildman–Crippen LogP) is 4.38. The van der Waals surface area contributed by atoms with Gasteiger partial charge >= 0.3 is 0 Å². The first-order valence-corrected chi connectivity index (χ1v) is 7.47. The van der Waals surface area contributed by atoms with Gasteiger partial charge in [-0.25, -0.2) is 0 Å². The predicted molar refractivity (Wildman–Crippen MR) is 77.6 cm³/mol. The molecule has 0 radical (unpaired) electrons. The molecule has 1 aromatic heterocycles. The Morgan fingerprint density at radius 2 is 2.18 bits per heavy atom. The van der Waals surface area contributed by atoms with Gasteiger partial charge in [-0.2, -0.15) is 0 Å². The fourth-order valence-electron chi connectivity index (χ4n) is 2.31. The molecule has 1 N–H and O–H groups in total. The van der Waals surface area contributed by atoms with Crippen molar-refractivity contribution in [2.45, 2.75) is 19.4 Å². The molecule has 2 aromatic rings. The molecule has 0 aliphatic carbocycles. The van der Waals surface area contributed by atoms with Crippen LogP contribution in [0.2, 0.25) is 0 Å². The van der Waals surface area contributed by atoms with E-state index in [0.29, 0.717) is 6.04 Å². The summed E-state index contributed by atoms with van der Waals surface area (Å²) in [5.41, 5.74) is 2.78. The Morgan fingerprint density at radius 1 is 1.35 bits per heavy atom. The summed E-state index contributed by atoms with van der Waals surface area (Å²) in [7, 11) is 0. The van der Waals surface area contributed by atoms with Crippen LogP contribution in [0.1, 0.15) is 23.4 Å². The summed E-state index contributed by atoms with van der Waals surface area (Å²) >= 11 is 5.57. The standard InChI is InChI=1S/C14H14BrNS/c1-9-11-8-14(17-13(11)6-7-16-9)10-4-2-3-5-12(10)15/h2-5,8-9,16H,6-7H2,1H3. The summed E-state index contributed by atoms with van der Waals surface area (Å²) in [6.07, 6.45) is 1.16. The molecule has 1 atom stereocenters. The van der Waals surface area contributed by atoms with Gasteiger partial charge < -0.3 is 5.32 Å². The van der Waals surface area contributed by atoms with Crippen LogP contribution in [0.5, 0.6) is 0 Å². The van der Waals surface area contributed by atoms with E-state index in [-0.39, 0.29) is 0 Å². The van der Waals surface area contributed by atoms with Crippen LogP contribution in [0.25, 0.3) is 10.4 Å². The van der Waals surface area contributed by atoms with Gasteiger partial charge in [-0.15, -0.1) is 11.3 Å². The maximum atomic E-state index is 3.63. The maximum absolute atomic E-state index is 3.63. The summed E-state index contributed by atoms with van der Waals surface area (Å²) in [5.74, 6) is 0. The number of rotatable bonds is 1. The van der Waals surface area contributed by atoms with Crippen molar-refractivity contribution in [3.8, 4) is 10.4 Å². The Bertz CT molecular complexity index is 547. The average molecular weight is 308 g/mol. The van der Waals surface area contributed by atoms with Crippen LogP contribution in [0.15, 0.2) is 34.8 Å². The van der Waals surface area contributed by atoms with E-state index in [4.69, 9.17) is 0 Å². The van der Waals surface area contributed by atoms with E-state index < -0.39 is 0 Å². The minimum atomic E-state index is 0.492. The van der Waals surface area contributed by atoms with Crippen molar-refractivity contribution in [2.75, 3.05) is 6.54 Å². The highest BCUT2D eigenvalue weighted by Gasteiger charge is 2.19. The van der Waals surface area contributed by atoms with Crippen LogP contribution in [-0.2, 0) is 6.42 Å². The fraction of sp³-hybridized carbons (Fsp3) is 0.286. The van der Waals surface area contributed by atoms with Crippen molar-refractivity contribution in [1.82, 2.24) is 5.32 Å². The molecule has 0 saturated heterocycles. The van der Waals surface area contributed by atoms with Gasteiger partial charge in [-0.1, -0.05) is 34.1 Å². The van der Waals surface area contributed by atoms with Crippen LogP contribution in [0.4, 0.5) is 0 Å². The minimum Gasteiger partial charge on any atom is -0.310 e. The highest BCUT2D eigenvalue weighted by Crippen LogP contribution is 2.39. The number of hydrogen-bond donors (Lipinski definition) is 1. The Balaban J connectivity index is 2.08. The molecule has 0 amide bonds. The molecule has 1 aliphatic heterocycles. The summed E-state index contributed by atoms with van der Waals surface area (Å²) < 4.78 is 1.18. The topological polar surface area (TPSA) is 12.0 Å². The zero-order chi connectivity index (χ0) is 11.8. The molecular formula is C14H14BrNS. The molecular weight excluding hydrogens is 294 g/mol. The van der Waals surface area contributed by atoms with Gasteiger partial charge in [0, 0.05) is 32.4 Å². The summed E-state index contributed by atoms with van der Waals surface area (Å²) in [6, 6.07) is 11.3. The summed E-state index contributed by atoms with van der Waals surface area (Å²) in [5, 5.41) is 3.51. The van der Waals surface area contributed by atoms with Crippen molar-refractivity contribution < 1.29 is 0 Å². The van der Waals surface area contributed by atoms with E-state index in [9.17, 15) is 0 Å². The number of halogens is 1. The second-order valence-electron chi connectivity index (χ2n) is 4.39. The molecule has 0 spiro atoms. The Kier molecular flexibility index (Phi) is 3.07. The highest BCUT2D eigenvalue weighted by molar-refractivity contribution is 9.10. The number of thiophene rings is 1. The number of fused-ring (bicyclic) bond motifs is 1. The SMILES string of the molecule is CC1NCCc2sc(-c3ccccc3Br)cc21. The minimum absolute atomic E-state index is 0.492. The highest BCUT2D eigenvalue weighted by atomic mass is 79.9. The monoisotopic (exact) mass is 307 g/mol. The van der Waals surface area contributed by atoms with E-state index in [1.807, 2.05) is 11.3 Å². The lowest BCUT2D eigenvalue weighted by Gasteiger charge is -2.19. The van der Waals surface area contributed by atoms with Gasteiger partial charge in [-0.05, 0) is 31.0 Å². The molecule has 0 fully saturated rings. The number of hydrogen-bond acceptors (Lipinski definition) is 2. The van der Waals surface area contributed by atoms with Crippen molar-refractivity contribution in [1.29, 1.82) is 0 Å². The smallest absolute Gasteiger partial charge is 0.0360 e. The third kappa shape index (κ3) is 2.07. The number of benzene rings is 1. The molecule has 17 heavy (non-hydrogen) atoms. The lowest BCUT2D eigenvalue weighted by molar-refractivity contribution is 0.547. The first kappa shape index (κ1) is 11.5. The Hall–Kier alpha value is -0.640. The van der Waals surface area contributed by atoms with Gasteiger partial charge in [0.2, 0.25) is 0 Å². The van der Waals surface area contributed by atoms with Crippen LogP contribution in [0.3, 0.4) is 0 Å². The van der Waals surface area contributed by atoms with Crippen molar-refractivity contribution in [3.63, 3.8) is 0 Å². The molecule has 1 nitrogen and oxygen atoms in total. The van der Waals surface area contributed by atoms with Crippen molar-refractivity contribution in [3.05, 3.63) is 45.2 Å². The third-order valence-electron chi connectivity index (χ3n) is 3.25. The van der Waals surface area contributed by atoms with Crippen molar-refractivity contribution >= 4 is 27.3 Å². The van der Waals surface area contributed by atoms with Crippen LogP contribution in [-0.4, -0.2) is 6.54 Å². The van der Waals surface area contributed by atoms with Gasteiger partial charge in [0.1, 0.15) is 0 Å². The molecule has 3 rings (SSSR count). The molecule has 3 heteroatoms. The first-order valence-electron chi connectivity index (χ1n) is 5.86. The molecule has 2 heterocycles. The second kappa shape index (κ2) is 4.56. The molecule has 0 saturated carbocycles. The van der Waals surface area contributed by atoms with Gasteiger partial charge in [-0.3, -0.25) is 0 Å². The normalized spacial score (nSPS) is 19.1. The Labute approximate surface area is 114 Å². The maximum Gasteiger partial charge on any atom is 0.0360 e. The number of nitrogens with one attached hydrogen (secondary N) is 1. The van der Waals surface area contributed by atoms with Crippen LogP contribution >= 0.6 is 27.3 Å². The van der Waals surface area contributed by atoms with Gasteiger partial charge in [0.15, 0.2) is 0 Å². The van der Waals surface area contributed by atoms with Crippen LogP contribution < -0.4 is 5.32 Å². The zero-order valence-corrected chi connectivity index (χ0v) is 12.1. The quantitative estimate of drug-likeness (QED) is 0.824. The lowest BCUT2D eigenvalue weighted by atomic mass is 10.0. The molecule has 1 aliphatic rings. The average Bonchev–Trinajstić information content (AvgIpc) is 2.75. The van der Waals surface area contributed by atoms with E-state index in [1.165, 1.54) is 20.5 Å². The van der Waals surface area contributed by atoms with Crippen molar-refractivity contribution in [2.24, 2.45) is 0 Å². The van der Waals surface area contributed by atoms with Crippen LogP contribution in [0, 0.1) is 0 Å². The molecule has 1 aromatic carbocycles. The second-order valence-corrected chi connectivity index (χ2v) is 6.39. The fourth-order valence-corrected chi connectivity index (χ4v) is 4.24. The Morgan fingerprint density at radius 3 is 2.94 bits per heavy atom. The lowest BCUT2D eigenvalue weighted by Crippen LogP contribution is -2.26. The van der Waals surface area contributed by atoms with E-state index in [2.05, 4.69) is 58.5 Å². The summed E-state index contributed by atoms with van der Waals surface area (Å²) in [4.78, 5) is 2.92. The molecule has 1 unspecified atom stereocenters. The van der Waals surface area contributed by atoms with E-state index in [1.54, 1.807) is 4.88 Å².